The van der Waals surface area contributed by atoms with Crippen LogP contribution in [-0.4, -0.2) is 25.5 Å². The first-order valence-electron chi connectivity index (χ1n) is 7.23. The molecule has 3 nitrogen and oxygen atoms in total. The van der Waals surface area contributed by atoms with Crippen LogP contribution in [0.1, 0.15) is 45.4 Å². The van der Waals surface area contributed by atoms with Gasteiger partial charge < -0.3 is 10.6 Å². The van der Waals surface area contributed by atoms with E-state index in [1.807, 2.05) is 0 Å². The molecule has 0 aromatic heterocycles. The van der Waals surface area contributed by atoms with Gasteiger partial charge in [0, 0.05) is 13.0 Å². The maximum absolute atomic E-state index is 11.8. The quantitative estimate of drug-likeness (QED) is 0.786. The first-order chi connectivity index (χ1) is 8.25. The molecule has 2 atom stereocenters. The summed E-state index contributed by atoms with van der Waals surface area (Å²) < 4.78 is 0. The van der Waals surface area contributed by atoms with E-state index in [9.17, 15) is 4.79 Å². The van der Waals surface area contributed by atoms with Crippen LogP contribution in [-0.2, 0) is 4.79 Å². The monoisotopic (exact) mass is 238 g/mol. The molecule has 2 fully saturated rings. The van der Waals surface area contributed by atoms with Gasteiger partial charge in [0.1, 0.15) is 0 Å². The van der Waals surface area contributed by atoms with Gasteiger partial charge >= 0.3 is 0 Å². The van der Waals surface area contributed by atoms with Crippen molar-refractivity contribution in [1.82, 2.24) is 10.6 Å². The van der Waals surface area contributed by atoms with Crippen molar-refractivity contribution in [2.45, 2.75) is 45.4 Å². The summed E-state index contributed by atoms with van der Waals surface area (Å²) in [7, 11) is 0. The third-order valence-electron chi connectivity index (χ3n) is 4.50. The van der Waals surface area contributed by atoms with E-state index in [4.69, 9.17) is 0 Å². The zero-order valence-corrected chi connectivity index (χ0v) is 11.0. The summed E-state index contributed by atoms with van der Waals surface area (Å²) in [6.45, 7) is 5.35. The lowest BCUT2D eigenvalue weighted by molar-refractivity contribution is -0.122. The first kappa shape index (κ1) is 12.9. The summed E-state index contributed by atoms with van der Waals surface area (Å²) in [5, 5.41) is 6.54. The van der Waals surface area contributed by atoms with Gasteiger partial charge in [0.05, 0.1) is 0 Å². The number of hydrogen-bond donors (Lipinski definition) is 2. The summed E-state index contributed by atoms with van der Waals surface area (Å²) in [6, 6.07) is 0. The van der Waals surface area contributed by atoms with Crippen LogP contribution in [0.5, 0.6) is 0 Å². The van der Waals surface area contributed by atoms with Gasteiger partial charge in [-0.05, 0) is 50.1 Å². The zero-order valence-electron chi connectivity index (χ0n) is 11.0. The molecule has 1 amide bonds. The van der Waals surface area contributed by atoms with Gasteiger partial charge in [0.15, 0.2) is 0 Å². The Balaban J connectivity index is 1.64. The molecule has 2 N–H and O–H groups in total. The van der Waals surface area contributed by atoms with Gasteiger partial charge in [-0.2, -0.15) is 0 Å². The molecule has 2 aliphatic rings. The lowest BCUT2D eigenvalue weighted by Gasteiger charge is -2.29. The van der Waals surface area contributed by atoms with Gasteiger partial charge in [-0.15, -0.1) is 0 Å². The topological polar surface area (TPSA) is 41.1 Å². The third-order valence-corrected chi connectivity index (χ3v) is 4.50. The predicted molar refractivity (Wildman–Crippen MR) is 69.7 cm³/mol. The second-order valence-electron chi connectivity index (χ2n) is 5.89. The van der Waals surface area contributed by atoms with Crippen molar-refractivity contribution < 1.29 is 4.79 Å². The molecule has 1 saturated carbocycles. The predicted octanol–water partition coefficient (Wildman–Crippen LogP) is 1.93. The van der Waals surface area contributed by atoms with Gasteiger partial charge in [0.25, 0.3) is 0 Å². The van der Waals surface area contributed by atoms with Crippen molar-refractivity contribution >= 4 is 5.91 Å². The number of nitrogens with one attached hydrogen (secondary N) is 2. The fourth-order valence-electron chi connectivity index (χ4n) is 3.12. The second-order valence-corrected chi connectivity index (χ2v) is 5.89. The molecule has 0 aromatic rings. The van der Waals surface area contributed by atoms with E-state index in [1.54, 1.807) is 0 Å². The molecule has 1 aliphatic carbocycles. The van der Waals surface area contributed by atoms with Crippen molar-refractivity contribution in [2.75, 3.05) is 19.6 Å². The molecule has 0 aromatic carbocycles. The van der Waals surface area contributed by atoms with Crippen LogP contribution in [0.2, 0.25) is 0 Å². The summed E-state index contributed by atoms with van der Waals surface area (Å²) in [5.74, 6) is 2.30. The Morgan fingerprint density at radius 1 is 1.29 bits per heavy atom. The van der Waals surface area contributed by atoms with Crippen LogP contribution in [0, 0.1) is 17.8 Å². The molecule has 1 saturated heterocycles. The Hall–Kier alpha value is -0.570. The van der Waals surface area contributed by atoms with Crippen LogP contribution in [0.25, 0.3) is 0 Å². The minimum atomic E-state index is 0.273. The lowest BCUT2D eigenvalue weighted by Crippen LogP contribution is -2.42. The number of piperidine rings is 1. The Morgan fingerprint density at radius 3 is 2.76 bits per heavy atom. The molecule has 3 heteroatoms. The fourth-order valence-corrected chi connectivity index (χ4v) is 3.12. The fraction of sp³-hybridized carbons (Fsp3) is 0.929. The van der Waals surface area contributed by atoms with Crippen molar-refractivity contribution in [3.8, 4) is 0 Å². The van der Waals surface area contributed by atoms with Crippen molar-refractivity contribution in [1.29, 1.82) is 0 Å². The summed E-state index contributed by atoms with van der Waals surface area (Å²) in [5.41, 5.74) is 0. The highest BCUT2D eigenvalue weighted by Crippen LogP contribution is 2.27. The van der Waals surface area contributed by atoms with Gasteiger partial charge in [-0.1, -0.05) is 19.8 Å². The van der Waals surface area contributed by atoms with E-state index in [0.717, 1.165) is 32.0 Å². The Bertz CT molecular complexity index is 249. The number of carbonyl (C=O) groups is 1. The van der Waals surface area contributed by atoms with Gasteiger partial charge in [-0.25, -0.2) is 0 Å². The number of amides is 1. The van der Waals surface area contributed by atoms with Crippen LogP contribution in [0.3, 0.4) is 0 Å². The summed E-state index contributed by atoms with van der Waals surface area (Å²) >= 11 is 0. The highest BCUT2D eigenvalue weighted by Gasteiger charge is 2.22. The van der Waals surface area contributed by atoms with Crippen LogP contribution < -0.4 is 10.6 Å². The van der Waals surface area contributed by atoms with Crippen LogP contribution in [0.4, 0.5) is 0 Å². The SMILES string of the molecule is CC1CCNCC1CNC(=O)CC1CCCC1. The summed E-state index contributed by atoms with van der Waals surface area (Å²) in [4.78, 5) is 11.8. The molecule has 0 radical (unpaired) electrons. The van der Waals surface area contributed by atoms with E-state index in [2.05, 4.69) is 17.6 Å². The molecular formula is C14H26N2O. The average molecular weight is 238 g/mol. The molecule has 0 spiro atoms. The van der Waals surface area contributed by atoms with E-state index in [-0.39, 0.29) is 5.91 Å². The van der Waals surface area contributed by atoms with Crippen LogP contribution in [0.15, 0.2) is 0 Å². The van der Waals surface area contributed by atoms with E-state index in [1.165, 1.54) is 32.1 Å². The van der Waals surface area contributed by atoms with Crippen LogP contribution >= 0.6 is 0 Å². The summed E-state index contributed by atoms with van der Waals surface area (Å²) in [6.07, 6.45) is 7.16. The van der Waals surface area contributed by atoms with E-state index < -0.39 is 0 Å². The number of carbonyl (C=O) groups excluding carboxylic acids is 1. The highest BCUT2D eigenvalue weighted by molar-refractivity contribution is 5.76. The Kier molecular flexibility index (Phi) is 4.84. The highest BCUT2D eigenvalue weighted by atomic mass is 16.1. The van der Waals surface area contributed by atoms with E-state index >= 15 is 0 Å². The number of hydrogen-bond acceptors (Lipinski definition) is 2. The molecule has 1 aliphatic heterocycles. The zero-order chi connectivity index (χ0) is 12.1. The van der Waals surface area contributed by atoms with Gasteiger partial charge in [-0.3, -0.25) is 4.79 Å². The average Bonchev–Trinajstić information content (AvgIpc) is 2.81. The van der Waals surface area contributed by atoms with Crippen molar-refractivity contribution in [3.63, 3.8) is 0 Å². The Morgan fingerprint density at radius 2 is 2.06 bits per heavy atom. The molecule has 17 heavy (non-hydrogen) atoms. The Labute approximate surface area is 105 Å². The minimum Gasteiger partial charge on any atom is -0.356 e. The minimum absolute atomic E-state index is 0.273. The number of rotatable bonds is 4. The smallest absolute Gasteiger partial charge is 0.220 e. The first-order valence-corrected chi connectivity index (χ1v) is 7.23. The second kappa shape index (κ2) is 6.39. The standard InChI is InChI=1S/C14H26N2O/c1-11-6-7-15-9-13(11)10-16-14(17)8-12-4-2-3-5-12/h11-13,15H,2-10H2,1H3,(H,16,17). The van der Waals surface area contributed by atoms with E-state index in [0.29, 0.717) is 11.8 Å². The maximum Gasteiger partial charge on any atom is 0.220 e. The molecule has 98 valence electrons. The van der Waals surface area contributed by atoms with Crippen molar-refractivity contribution in [2.24, 2.45) is 17.8 Å². The molecule has 2 rings (SSSR count). The maximum atomic E-state index is 11.8. The van der Waals surface area contributed by atoms with Crippen molar-refractivity contribution in [3.05, 3.63) is 0 Å². The third kappa shape index (κ3) is 3.98. The molecule has 0 bridgehead atoms. The largest absolute Gasteiger partial charge is 0.356 e. The molecule has 2 unspecified atom stereocenters. The van der Waals surface area contributed by atoms with Gasteiger partial charge in [0.2, 0.25) is 5.91 Å². The normalized spacial score (nSPS) is 30.4. The molecular weight excluding hydrogens is 212 g/mol. The molecule has 1 heterocycles. The lowest BCUT2D eigenvalue weighted by atomic mass is 9.88.